The second kappa shape index (κ2) is 2.96. The second-order valence-electron chi connectivity index (χ2n) is 1.71. The van der Waals surface area contributed by atoms with E-state index >= 15 is 0 Å². The molecule has 51 valence electrons. The molecule has 0 atom stereocenters. The van der Waals surface area contributed by atoms with Gasteiger partial charge in [-0.15, -0.1) is 0 Å². The van der Waals surface area contributed by atoms with E-state index in [1.807, 2.05) is 0 Å². The van der Waals surface area contributed by atoms with Crippen LogP contribution in [0.1, 0.15) is 5.56 Å². The van der Waals surface area contributed by atoms with Gasteiger partial charge in [0, 0.05) is 6.07 Å². The quantitative estimate of drug-likeness (QED) is 0.355. The van der Waals surface area contributed by atoms with Gasteiger partial charge in [-0.3, -0.25) is 0 Å². The van der Waals surface area contributed by atoms with Crippen molar-refractivity contribution in [2.24, 2.45) is 5.16 Å². The zero-order valence-corrected chi connectivity index (χ0v) is 5.08. The van der Waals surface area contributed by atoms with Crippen molar-refractivity contribution in [2.45, 2.75) is 0 Å². The molecule has 0 aliphatic carbocycles. The van der Waals surface area contributed by atoms with Crippen molar-refractivity contribution in [3.8, 4) is 0 Å². The molecule has 0 amide bonds. The minimum Gasteiger partial charge on any atom is -0.411 e. The van der Waals surface area contributed by atoms with E-state index in [1.54, 1.807) is 6.07 Å². The Morgan fingerprint density at radius 1 is 1.70 bits per heavy atom. The molecule has 0 aliphatic heterocycles. The van der Waals surface area contributed by atoms with Crippen LogP contribution in [0, 0.1) is 11.9 Å². The van der Waals surface area contributed by atoms with Gasteiger partial charge in [-0.25, -0.2) is 4.39 Å². The van der Waals surface area contributed by atoms with Crippen LogP contribution in [-0.2, 0) is 0 Å². The lowest BCUT2D eigenvalue weighted by Gasteiger charge is -1.88. The van der Waals surface area contributed by atoms with Gasteiger partial charge in [-0.1, -0.05) is 17.3 Å². The summed E-state index contributed by atoms with van der Waals surface area (Å²) in [6.07, 6.45) is 1.15. The highest BCUT2D eigenvalue weighted by atomic mass is 19.1. The summed E-state index contributed by atoms with van der Waals surface area (Å²) < 4.78 is 12.3. The van der Waals surface area contributed by atoms with Gasteiger partial charge in [-0.05, 0) is 11.6 Å². The van der Waals surface area contributed by atoms with E-state index in [0.717, 1.165) is 6.21 Å². The van der Waals surface area contributed by atoms with Crippen LogP contribution in [0.25, 0.3) is 0 Å². The highest BCUT2D eigenvalue weighted by Gasteiger charge is 1.89. The van der Waals surface area contributed by atoms with E-state index in [1.165, 1.54) is 12.1 Å². The van der Waals surface area contributed by atoms with Crippen LogP contribution in [0.2, 0.25) is 0 Å². The first-order chi connectivity index (χ1) is 4.83. The molecule has 3 heteroatoms. The molecule has 10 heavy (non-hydrogen) atoms. The third-order valence-electron chi connectivity index (χ3n) is 0.997. The fourth-order valence-corrected chi connectivity index (χ4v) is 0.601. The van der Waals surface area contributed by atoms with Gasteiger partial charge in [0.2, 0.25) is 0 Å². The molecule has 2 nitrogen and oxygen atoms in total. The van der Waals surface area contributed by atoms with Gasteiger partial charge in [0.25, 0.3) is 0 Å². The van der Waals surface area contributed by atoms with Gasteiger partial charge in [0.15, 0.2) is 0 Å². The molecule has 0 spiro atoms. The number of hydrogen-bond acceptors (Lipinski definition) is 2. The minimum absolute atomic E-state index is 0.461. The number of rotatable bonds is 1. The molecule has 0 unspecified atom stereocenters. The van der Waals surface area contributed by atoms with E-state index in [4.69, 9.17) is 5.21 Å². The maximum atomic E-state index is 12.3. The van der Waals surface area contributed by atoms with E-state index in [0.29, 0.717) is 5.56 Å². The lowest BCUT2D eigenvalue weighted by Crippen LogP contribution is -1.81. The Morgan fingerprint density at radius 2 is 2.50 bits per heavy atom. The molecule has 0 saturated heterocycles. The Balaban J connectivity index is 2.95. The summed E-state index contributed by atoms with van der Waals surface area (Å²) in [5.74, 6) is -0.461. The van der Waals surface area contributed by atoms with Crippen LogP contribution in [0.3, 0.4) is 0 Å². The van der Waals surface area contributed by atoms with E-state index in [2.05, 4.69) is 11.2 Å². The third kappa shape index (κ3) is 1.55. The Morgan fingerprint density at radius 3 is 3.10 bits per heavy atom. The molecular weight excluding hydrogens is 133 g/mol. The Hall–Kier alpha value is -1.38. The van der Waals surface area contributed by atoms with E-state index in [9.17, 15) is 4.39 Å². The fraction of sp³-hybridized carbons (Fsp3) is 0. The maximum absolute atomic E-state index is 12.3. The Kier molecular flexibility index (Phi) is 1.99. The van der Waals surface area contributed by atoms with Crippen molar-refractivity contribution in [1.29, 1.82) is 0 Å². The fourth-order valence-electron chi connectivity index (χ4n) is 0.601. The monoisotopic (exact) mass is 138 g/mol. The van der Waals surface area contributed by atoms with Crippen molar-refractivity contribution < 1.29 is 9.60 Å². The van der Waals surface area contributed by atoms with Crippen LogP contribution in [0.15, 0.2) is 23.4 Å². The van der Waals surface area contributed by atoms with E-state index in [-0.39, 0.29) is 0 Å². The third-order valence-corrected chi connectivity index (χ3v) is 0.997. The van der Waals surface area contributed by atoms with Gasteiger partial charge < -0.3 is 5.21 Å². The van der Waals surface area contributed by atoms with Gasteiger partial charge >= 0.3 is 0 Å². The smallest absolute Gasteiger partial charge is 0.131 e. The number of halogens is 1. The average molecular weight is 138 g/mol. The van der Waals surface area contributed by atoms with Crippen LogP contribution >= 0.6 is 0 Å². The van der Waals surface area contributed by atoms with Gasteiger partial charge in [0.05, 0.1) is 6.21 Å². The standard InChI is InChI=1S/C7H5FNO/c8-7-3-1-2-6(4-7)5-9-10/h1-2,4-5,10H. The van der Waals surface area contributed by atoms with E-state index < -0.39 is 5.82 Å². The predicted octanol–water partition coefficient (Wildman–Crippen LogP) is 1.43. The predicted molar refractivity (Wildman–Crippen MR) is 34.6 cm³/mol. The van der Waals surface area contributed by atoms with Crippen LogP contribution in [0.5, 0.6) is 0 Å². The lowest BCUT2D eigenvalue weighted by molar-refractivity contribution is 0.322. The van der Waals surface area contributed by atoms with Crippen molar-refractivity contribution in [2.75, 3.05) is 0 Å². The second-order valence-corrected chi connectivity index (χ2v) is 1.71. The normalized spacial score (nSPS) is 10.5. The first-order valence-corrected chi connectivity index (χ1v) is 2.67. The zero-order valence-electron chi connectivity index (χ0n) is 5.08. The first kappa shape index (κ1) is 6.74. The summed E-state index contributed by atoms with van der Waals surface area (Å²) >= 11 is 0. The zero-order chi connectivity index (χ0) is 7.40. The van der Waals surface area contributed by atoms with Crippen LogP contribution in [-0.4, -0.2) is 11.4 Å². The number of benzene rings is 1. The first-order valence-electron chi connectivity index (χ1n) is 2.67. The summed E-state index contributed by atoms with van der Waals surface area (Å²) in [7, 11) is 0. The molecule has 0 aromatic heterocycles. The number of oxime groups is 1. The summed E-state index contributed by atoms with van der Waals surface area (Å²) in [5, 5.41) is 10.8. The van der Waals surface area contributed by atoms with Crippen LogP contribution in [0.4, 0.5) is 4.39 Å². The summed E-state index contributed by atoms with van der Waals surface area (Å²) in [6.45, 7) is 0. The molecule has 0 heterocycles. The molecule has 0 fully saturated rings. The van der Waals surface area contributed by atoms with Gasteiger partial charge in [0.1, 0.15) is 5.82 Å². The largest absolute Gasteiger partial charge is 0.411 e. The van der Waals surface area contributed by atoms with Gasteiger partial charge in [-0.2, -0.15) is 0 Å². The summed E-state index contributed by atoms with van der Waals surface area (Å²) in [4.78, 5) is 0. The molecule has 0 saturated carbocycles. The molecule has 0 bridgehead atoms. The molecular formula is C7H5FNO. The minimum atomic E-state index is -0.461. The maximum Gasteiger partial charge on any atom is 0.131 e. The van der Waals surface area contributed by atoms with Crippen molar-refractivity contribution in [3.05, 3.63) is 35.6 Å². The molecule has 1 rings (SSSR count). The Labute approximate surface area is 57.6 Å². The topological polar surface area (TPSA) is 32.6 Å². The van der Waals surface area contributed by atoms with Crippen molar-refractivity contribution in [1.82, 2.24) is 0 Å². The highest BCUT2D eigenvalue weighted by molar-refractivity contribution is 5.78. The van der Waals surface area contributed by atoms with Crippen LogP contribution < -0.4 is 0 Å². The summed E-state index contributed by atoms with van der Waals surface area (Å²) in [6, 6.07) is 6.55. The number of hydrogen-bond donors (Lipinski definition) is 1. The Bertz CT molecular complexity index is 247. The van der Waals surface area contributed by atoms with Crippen molar-refractivity contribution in [3.63, 3.8) is 0 Å². The summed E-state index contributed by atoms with van der Waals surface area (Å²) in [5.41, 5.74) is 0.513. The molecule has 1 aromatic carbocycles. The SMILES string of the molecule is ON=Cc1cc[c]c(F)c1. The molecule has 1 N–H and O–H groups in total. The average Bonchev–Trinajstić information content (AvgIpc) is 1.88. The van der Waals surface area contributed by atoms with Crippen molar-refractivity contribution >= 4 is 6.21 Å². The number of nitrogens with zero attached hydrogens (tertiary/aromatic N) is 1. The molecule has 1 radical (unpaired) electrons. The highest BCUT2D eigenvalue weighted by Crippen LogP contribution is 1.98. The molecule has 0 aliphatic rings. The molecule has 1 aromatic rings. The lowest BCUT2D eigenvalue weighted by atomic mass is 10.2.